The van der Waals surface area contributed by atoms with Crippen LogP contribution < -0.4 is 4.90 Å². The fourth-order valence-corrected chi connectivity index (χ4v) is 5.90. The van der Waals surface area contributed by atoms with Crippen LogP contribution in [0.25, 0.3) is 11.3 Å². The molecule has 4 rings (SSSR count). The average Bonchev–Trinajstić information content (AvgIpc) is 3.18. The summed E-state index contributed by atoms with van der Waals surface area (Å²) >= 11 is 6.28. The molecule has 2 heterocycles. The van der Waals surface area contributed by atoms with Crippen LogP contribution in [0.4, 0.5) is 5.82 Å². The molecule has 0 bridgehead atoms. The number of anilines is 1. The molecule has 1 aromatic heterocycles. The van der Waals surface area contributed by atoms with E-state index in [0.29, 0.717) is 36.9 Å². The Hall–Kier alpha value is -3.05. The molecule has 2 aromatic carbocycles. The van der Waals surface area contributed by atoms with Crippen LogP contribution in [0.15, 0.2) is 65.6 Å². The predicted molar refractivity (Wildman–Crippen MR) is 148 cm³/mol. The number of amides is 1. The van der Waals surface area contributed by atoms with E-state index in [0.717, 1.165) is 23.4 Å². The van der Waals surface area contributed by atoms with Gasteiger partial charge in [0.1, 0.15) is 0 Å². The third-order valence-electron chi connectivity index (χ3n) is 6.49. The predicted octanol–water partition coefficient (Wildman–Crippen LogP) is 3.48. The van der Waals surface area contributed by atoms with Crippen LogP contribution >= 0.6 is 11.6 Å². The summed E-state index contributed by atoms with van der Waals surface area (Å²) in [5.74, 6) is 0.484. The maximum absolute atomic E-state index is 13.3. The van der Waals surface area contributed by atoms with Gasteiger partial charge in [-0.15, -0.1) is 10.2 Å². The van der Waals surface area contributed by atoms with Crippen molar-refractivity contribution in [3.63, 3.8) is 0 Å². The molecule has 0 atom stereocenters. The number of methoxy groups -OCH3 is 1. The molecule has 0 saturated carbocycles. The van der Waals surface area contributed by atoms with Gasteiger partial charge in [-0.3, -0.25) is 4.79 Å². The Labute approximate surface area is 229 Å². The number of sulfonamides is 1. The highest BCUT2D eigenvalue weighted by atomic mass is 35.5. The first-order chi connectivity index (χ1) is 18.3. The van der Waals surface area contributed by atoms with E-state index in [9.17, 15) is 13.2 Å². The SMILES string of the molecule is COCCN(CC(=O)N1CCCN(c2ccc(-c3ccccc3Cl)nn2)CC1)S(=O)(=O)c1ccc(C)cc1. The lowest BCUT2D eigenvalue weighted by Crippen LogP contribution is -2.45. The van der Waals surface area contributed by atoms with Crippen LogP contribution in [0.3, 0.4) is 0 Å². The van der Waals surface area contributed by atoms with Crippen molar-refractivity contribution in [2.75, 3.05) is 57.9 Å². The van der Waals surface area contributed by atoms with Gasteiger partial charge in [0.25, 0.3) is 0 Å². The van der Waals surface area contributed by atoms with Crippen LogP contribution in [0.5, 0.6) is 0 Å². The first kappa shape index (κ1) is 28.0. The number of ether oxygens (including phenoxy) is 1. The first-order valence-corrected chi connectivity index (χ1v) is 14.3. The summed E-state index contributed by atoms with van der Waals surface area (Å²) in [5, 5.41) is 9.37. The Morgan fingerprint density at radius 1 is 1.00 bits per heavy atom. The minimum atomic E-state index is -3.85. The molecule has 1 fully saturated rings. The van der Waals surface area contributed by atoms with E-state index < -0.39 is 10.0 Å². The van der Waals surface area contributed by atoms with Crippen LogP contribution in [0.2, 0.25) is 5.02 Å². The quantitative estimate of drug-likeness (QED) is 0.397. The topological polar surface area (TPSA) is 95.9 Å². The van der Waals surface area contributed by atoms with Crippen molar-refractivity contribution < 1.29 is 17.9 Å². The fourth-order valence-electron chi connectivity index (χ4n) is 4.29. The van der Waals surface area contributed by atoms with Crippen molar-refractivity contribution >= 4 is 33.3 Å². The molecular weight excluding hydrogens is 526 g/mol. The summed E-state index contributed by atoms with van der Waals surface area (Å²) in [6, 6.07) is 17.9. The third kappa shape index (κ3) is 6.68. The van der Waals surface area contributed by atoms with Crippen molar-refractivity contribution in [3.8, 4) is 11.3 Å². The van der Waals surface area contributed by atoms with Gasteiger partial charge in [-0.2, -0.15) is 4.31 Å². The minimum absolute atomic E-state index is 0.0891. The molecule has 202 valence electrons. The standard InChI is InChI=1S/C27H32ClN5O4S/c1-21-8-10-22(11-9-21)38(35,36)33(18-19-37-2)20-27(34)32-15-5-14-31(16-17-32)26-13-12-25(29-30-26)23-6-3-4-7-24(23)28/h3-4,6-13H,5,14-20H2,1-2H3. The number of hydrogen-bond acceptors (Lipinski definition) is 7. The number of hydrogen-bond donors (Lipinski definition) is 0. The molecular formula is C27H32ClN5O4S. The summed E-state index contributed by atoms with van der Waals surface area (Å²) < 4.78 is 32.9. The van der Waals surface area contributed by atoms with Gasteiger partial charge in [-0.05, 0) is 43.7 Å². The summed E-state index contributed by atoms with van der Waals surface area (Å²) in [6.45, 7) is 4.18. The smallest absolute Gasteiger partial charge is 0.243 e. The number of benzene rings is 2. The Balaban J connectivity index is 1.41. The molecule has 0 aliphatic carbocycles. The van der Waals surface area contributed by atoms with Crippen molar-refractivity contribution in [2.24, 2.45) is 0 Å². The molecule has 0 spiro atoms. The zero-order chi connectivity index (χ0) is 27.1. The van der Waals surface area contributed by atoms with E-state index in [-0.39, 0.29) is 30.5 Å². The van der Waals surface area contributed by atoms with Gasteiger partial charge < -0.3 is 14.5 Å². The molecule has 9 nitrogen and oxygen atoms in total. The maximum Gasteiger partial charge on any atom is 0.243 e. The minimum Gasteiger partial charge on any atom is -0.383 e. The molecule has 1 aliphatic rings. The highest BCUT2D eigenvalue weighted by Crippen LogP contribution is 2.26. The van der Waals surface area contributed by atoms with Gasteiger partial charge in [0, 0.05) is 45.4 Å². The average molecular weight is 558 g/mol. The number of aromatic nitrogens is 2. The lowest BCUT2D eigenvalue weighted by molar-refractivity contribution is -0.131. The molecule has 1 aliphatic heterocycles. The molecule has 38 heavy (non-hydrogen) atoms. The van der Waals surface area contributed by atoms with Gasteiger partial charge in [0.2, 0.25) is 15.9 Å². The molecule has 1 amide bonds. The monoisotopic (exact) mass is 557 g/mol. The molecule has 1 saturated heterocycles. The number of aryl methyl sites for hydroxylation is 1. The number of halogens is 1. The number of nitrogens with zero attached hydrogens (tertiary/aromatic N) is 5. The van der Waals surface area contributed by atoms with Gasteiger partial charge in [-0.25, -0.2) is 8.42 Å². The van der Waals surface area contributed by atoms with E-state index in [1.54, 1.807) is 29.2 Å². The lowest BCUT2D eigenvalue weighted by atomic mass is 10.1. The summed E-state index contributed by atoms with van der Waals surface area (Å²) in [7, 11) is -2.34. The second-order valence-electron chi connectivity index (χ2n) is 9.12. The Morgan fingerprint density at radius 3 is 2.45 bits per heavy atom. The van der Waals surface area contributed by atoms with Gasteiger partial charge in [-0.1, -0.05) is 47.5 Å². The fraction of sp³-hybridized carbons (Fsp3) is 0.370. The summed E-state index contributed by atoms with van der Waals surface area (Å²) in [6.07, 6.45) is 0.725. The van der Waals surface area contributed by atoms with Crippen molar-refractivity contribution in [2.45, 2.75) is 18.2 Å². The number of carbonyl (C=O) groups excluding carboxylic acids is 1. The van der Waals surface area contributed by atoms with Gasteiger partial charge in [0.05, 0.1) is 28.8 Å². The number of rotatable bonds is 9. The maximum atomic E-state index is 13.3. The van der Waals surface area contributed by atoms with Crippen LogP contribution in [0, 0.1) is 6.92 Å². The Kier molecular flexibility index (Phi) is 9.32. The number of carbonyl (C=O) groups is 1. The second-order valence-corrected chi connectivity index (χ2v) is 11.5. The molecule has 0 N–H and O–H groups in total. The zero-order valence-electron chi connectivity index (χ0n) is 21.6. The van der Waals surface area contributed by atoms with Crippen molar-refractivity contribution in [1.82, 2.24) is 19.4 Å². The summed E-state index contributed by atoms with van der Waals surface area (Å²) in [4.78, 5) is 17.2. The van der Waals surface area contributed by atoms with E-state index in [2.05, 4.69) is 15.1 Å². The highest BCUT2D eigenvalue weighted by Gasteiger charge is 2.29. The Morgan fingerprint density at radius 2 is 1.76 bits per heavy atom. The third-order valence-corrected chi connectivity index (χ3v) is 8.68. The molecule has 3 aromatic rings. The van der Waals surface area contributed by atoms with Crippen LogP contribution in [-0.2, 0) is 19.6 Å². The van der Waals surface area contributed by atoms with Gasteiger partial charge >= 0.3 is 0 Å². The first-order valence-electron chi connectivity index (χ1n) is 12.5. The van der Waals surface area contributed by atoms with E-state index in [1.807, 2.05) is 43.3 Å². The molecule has 0 unspecified atom stereocenters. The zero-order valence-corrected chi connectivity index (χ0v) is 23.2. The Bertz CT molecular complexity index is 1340. The summed E-state index contributed by atoms with van der Waals surface area (Å²) in [5.41, 5.74) is 2.47. The molecule has 0 radical (unpaired) electrons. The largest absolute Gasteiger partial charge is 0.383 e. The van der Waals surface area contributed by atoms with E-state index in [4.69, 9.17) is 16.3 Å². The second kappa shape index (κ2) is 12.7. The molecule has 11 heteroatoms. The van der Waals surface area contributed by atoms with Crippen LogP contribution in [-0.4, -0.2) is 86.7 Å². The lowest BCUT2D eigenvalue weighted by Gasteiger charge is -2.26. The van der Waals surface area contributed by atoms with Crippen molar-refractivity contribution in [3.05, 3.63) is 71.2 Å². The highest BCUT2D eigenvalue weighted by molar-refractivity contribution is 7.89. The van der Waals surface area contributed by atoms with Crippen LogP contribution in [0.1, 0.15) is 12.0 Å². The van der Waals surface area contributed by atoms with Gasteiger partial charge in [0.15, 0.2) is 5.82 Å². The van der Waals surface area contributed by atoms with E-state index >= 15 is 0 Å². The van der Waals surface area contributed by atoms with Crippen molar-refractivity contribution in [1.29, 1.82) is 0 Å². The normalized spacial score (nSPS) is 14.5. The van der Waals surface area contributed by atoms with E-state index in [1.165, 1.54) is 11.4 Å².